The molecule has 2 rings (SSSR count). The van der Waals surface area contributed by atoms with Crippen LogP contribution in [0.2, 0.25) is 0 Å². The maximum Gasteiger partial charge on any atom is 0.259 e. The second-order valence-electron chi connectivity index (χ2n) is 4.89. The van der Waals surface area contributed by atoms with Crippen molar-refractivity contribution in [1.29, 1.82) is 0 Å². The van der Waals surface area contributed by atoms with E-state index in [4.69, 9.17) is 5.84 Å². The minimum Gasteiger partial charge on any atom is -0.377 e. The van der Waals surface area contributed by atoms with Gasteiger partial charge in [0.15, 0.2) is 5.82 Å². The van der Waals surface area contributed by atoms with Gasteiger partial charge >= 0.3 is 0 Å². The van der Waals surface area contributed by atoms with Crippen LogP contribution in [0.25, 0.3) is 0 Å². The van der Waals surface area contributed by atoms with Crippen molar-refractivity contribution in [1.82, 2.24) is 4.98 Å². The molecule has 110 valence electrons. The third kappa shape index (κ3) is 3.29. The van der Waals surface area contributed by atoms with Gasteiger partial charge in [-0.3, -0.25) is 4.79 Å². The molecule has 1 aromatic heterocycles. The molecule has 2 aromatic rings. The summed E-state index contributed by atoms with van der Waals surface area (Å²) in [5, 5.41) is 2.85. The third-order valence-electron chi connectivity index (χ3n) is 3.14. The Morgan fingerprint density at radius 2 is 2.05 bits per heavy atom. The quantitative estimate of drug-likeness (QED) is 0.591. The molecule has 6 heteroatoms. The van der Waals surface area contributed by atoms with Gasteiger partial charge in [0.2, 0.25) is 0 Å². The number of nitrogens with zero attached hydrogens (tertiary/aromatic N) is 2. The van der Waals surface area contributed by atoms with E-state index in [1.165, 1.54) is 0 Å². The lowest BCUT2D eigenvalue weighted by atomic mass is 10.1. The third-order valence-corrected chi connectivity index (χ3v) is 3.14. The summed E-state index contributed by atoms with van der Waals surface area (Å²) in [4.78, 5) is 18.3. The van der Waals surface area contributed by atoms with Gasteiger partial charge in [-0.1, -0.05) is 6.07 Å². The standard InChI is InChI=1S/C15H19N5O/c1-10-6-7-11(9-13(10)20(2)3)18-15(21)12-5-4-8-17-14(12)19-16/h4-9H,16H2,1-3H3,(H,17,19)(H,18,21). The molecule has 0 bridgehead atoms. The van der Waals surface area contributed by atoms with Gasteiger partial charge in [0.1, 0.15) is 0 Å². The van der Waals surface area contributed by atoms with Gasteiger partial charge in [-0.25, -0.2) is 10.8 Å². The Kier molecular flexibility index (Phi) is 4.39. The summed E-state index contributed by atoms with van der Waals surface area (Å²) in [5.41, 5.74) is 5.73. The van der Waals surface area contributed by atoms with Crippen LogP contribution in [0.3, 0.4) is 0 Å². The molecule has 1 aromatic carbocycles. The van der Waals surface area contributed by atoms with Crippen LogP contribution in [-0.4, -0.2) is 25.0 Å². The van der Waals surface area contributed by atoms with Crippen molar-refractivity contribution in [2.75, 3.05) is 29.7 Å². The predicted octanol–water partition coefficient (Wildman–Crippen LogP) is 1.99. The van der Waals surface area contributed by atoms with Gasteiger partial charge in [-0.15, -0.1) is 0 Å². The second kappa shape index (κ2) is 6.23. The fraction of sp³-hybridized carbons (Fsp3) is 0.200. The highest BCUT2D eigenvalue weighted by Gasteiger charge is 2.12. The summed E-state index contributed by atoms with van der Waals surface area (Å²) in [6.45, 7) is 2.03. The first-order valence-electron chi connectivity index (χ1n) is 6.54. The number of carbonyl (C=O) groups is 1. The monoisotopic (exact) mass is 285 g/mol. The molecular formula is C15H19N5O. The summed E-state index contributed by atoms with van der Waals surface area (Å²) in [6.07, 6.45) is 1.57. The number of pyridine rings is 1. The number of nitrogens with two attached hydrogens (primary N) is 1. The SMILES string of the molecule is Cc1ccc(NC(=O)c2cccnc2NN)cc1N(C)C. The largest absolute Gasteiger partial charge is 0.377 e. The number of benzene rings is 1. The maximum absolute atomic E-state index is 12.3. The molecule has 0 radical (unpaired) electrons. The summed E-state index contributed by atoms with van der Waals surface area (Å²) >= 11 is 0. The second-order valence-corrected chi connectivity index (χ2v) is 4.89. The molecule has 6 nitrogen and oxygen atoms in total. The number of hydrogen-bond donors (Lipinski definition) is 3. The molecule has 0 aliphatic rings. The molecule has 0 saturated carbocycles. The normalized spacial score (nSPS) is 10.1. The Morgan fingerprint density at radius 3 is 2.71 bits per heavy atom. The van der Waals surface area contributed by atoms with Crippen molar-refractivity contribution in [3.8, 4) is 0 Å². The first-order chi connectivity index (χ1) is 10.0. The highest BCUT2D eigenvalue weighted by Crippen LogP contribution is 2.23. The average molecular weight is 285 g/mol. The molecule has 0 aliphatic carbocycles. The fourth-order valence-electron chi connectivity index (χ4n) is 2.07. The Balaban J connectivity index is 2.26. The molecule has 0 unspecified atom stereocenters. The molecule has 1 heterocycles. The van der Waals surface area contributed by atoms with Gasteiger partial charge in [-0.05, 0) is 36.8 Å². The highest BCUT2D eigenvalue weighted by molar-refractivity contribution is 6.07. The van der Waals surface area contributed by atoms with E-state index >= 15 is 0 Å². The van der Waals surface area contributed by atoms with E-state index in [2.05, 4.69) is 15.7 Å². The van der Waals surface area contributed by atoms with E-state index in [9.17, 15) is 4.79 Å². The minimum absolute atomic E-state index is 0.260. The zero-order valence-electron chi connectivity index (χ0n) is 12.3. The van der Waals surface area contributed by atoms with Crippen molar-refractivity contribution in [3.05, 3.63) is 47.7 Å². The van der Waals surface area contributed by atoms with Crippen molar-refractivity contribution in [3.63, 3.8) is 0 Å². The van der Waals surface area contributed by atoms with E-state index < -0.39 is 0 Å². The Labute approximate surface area is 123 Å². The number of hydrogen-bond acceptors (Lipinski definition) is 5. The van der Waals surface area contributed by atoms with Crippen LogP contribution in [-0.2, 0) is 0 Å². The first-order valence-corrected chi connectivity index (χ1v) is 6.54. The Bertz CT molecular complexity index is 654. The van der Waals surface area contributed by atoms with Gasteiger partial charge in [0, 0.05) is 31.7 Å². The van der Waals surface area contributed by atoms with Crippen LogP contribution in [0.1, 0.15) is 15.9 Å². The Morgan fingerprint density at radius 1 is 1.29 bits per heavy atom. The van der Waals surface area contributed by atoms with Gasteiger partial charge in [-0.2, -0.15) is 0 Å². The number of anilines is 3. The molecule has 1 amide bonds. The first kappa shape index (κ1) is 14.8. The van der Waals surface area contributed by atoms with E-state index in [0.29, 0.717) is 11.4 Å². The number of carbonyl (C=O) groups excluding carboxylic acids is 1. The molecule has 4 N–H and O–H groups in total. The van der Waals surface area contributed by atoms with Crippen molar-refractivity contribution in [2.45, 2.75) is 6.92 Å². The van der Waals surface area contributed by atoms with Crippen molar-refractivity contribution >= 4 is 23.1 Å². The van der Waals surface area contributed by atoms with E-state index in [-0.39, 0.29) is 5.91 Å². The van der Waals surface area contributed by atoms with Crippen LogP contribution in [0, 0.1) is 6.92 Å². The lowest BCUT2D eigenvalue weighted by molar-refractivity contribution is 0.102. The van der Waals surface area contributed by atoms with Gasteiger partial charge < -0.3 is 15.6 Å². The van der Waals surface area contributed by atoms with Gasteiger partial charge in [0.05, 0.1) is 5.56 Å². The molecule has 0 aliphatic heterocycles. The molecule has 0 spiro atoms. The fourth-order valence-corrected chi connectivity index (χ4v) is 2.07. The number of amides is 1. The van der Waals surface area contributed by atoms with Crippen molar-refractivity contribution < 1.29 is 4.79 Å². The summed E-state index contributed by atoms with van der Waals surface area (Å²) in [7, 11) is 3.93. The molecule has 21 heavy (non-hydrogen) atoms. The zero-order chi connectivity index (χ0) is 15.4. The van der Waals surface area contributed by atoms with E-state index in [0.717, 1.165) is 16.9 Å². The number of aromatic nitrogens is 1. The topological polar surface area (TPSA) is 83.3 Å². The van der Waals surface area contributed by atoms with Crippen LogP contribution >= 0.6 is 0 Å². The number of aryl methyl sites for hydroxylation is 1. The summed E-state index contributed by atoms with van der Waals surface area (Å²) < 4.78 is 0. The van der Waals surface area contributed by atoms with Crippen LogP contribution in [0.15, 0.2) is 36.5 Å². The lowest BCUT2D eigenvalue weighted by Gasteiger charge is -2.17. The molecule has 0 atom stereocenters. The number of nitrogens with one attached hydrogen (secondary N) is 2. The van der Waals surface area contributed by atoms with E-state index in [1.54, 1.807) is 18.3 Å². The zero-order valence-corrected chi connectivity index (χ0v) is 12.3. The average Bonchev–Trinajstić information content (AvgIpc) is 2.48. The Hall–Kier alpha value is -2.60. The summed E-state index contributed by atoms with van der Waals surface area (Å²) in [5.74, 6) is 5.45. The molecule has 0 fully saturated rings. The van der Waals surface area contributed by atoms with Gasteiger partial charge in [0.25, 0.3) is 5.91 Å². The number of hydrazine groups is 1. The highest BCUT2D eigenvalue weighted by atomic mass is 16.1. The summed E-state index contributed by atoms with van der Waals surface area (Å²) in [6, 6.07) is 9.12. The molecular weight excluding hydrogens is 266 g/mol. The van der Waals surface area contributed by atoms with Crippen LogP contribution < -0.4 is 21.5 Å². The maximum atomic E-state index is 12.3. The lowest BCUT2D eigenvalue weighted by Crippen LogP contribution is -2.18. The van der Waals surface area contributed by atoms with E-state index in [1.807, 2.05) is 44.1 Å². The van der Waals surface area contributed by atoms with Crippen LogP contribution in [0.5, 0.6) is 0 Å². The van der Waals surface area contributed by atoms with Crippen LogP contribution in [0.4, 0.5) is 17.2 Å². The molecule has 0 saturated heterocycles. The minimum atomic E-state index is -0.260. The smallest absolute Gasteiger partial charge is 0.259 e. The number of rotatable bonds is 4. The number of nitrogen functional groups attached to an aromatic ring is 1. The predicted molar refractivity (Wildman–Crippen MR) is 85.5 cm³/mol. The van der Waals surface area contributed by atoms with Crippen molar-refractivity contribution in [2.24, 2.45) is 5.84 Å².